The molecule has 3 fully saturated rings. The van der Waals surface area contributed by atoms with Gasteiger partial charge in [0.05, 0.1) is 12.2 Å². The molecule has 3 aliphatic rings. The van der Waals surface area contributed by atoms with Gasteiger partial charge in [0.1, 0.15) is 13.4 Å². The monoisotopic (exact) mass is 206 g/mol. The Bertz CT molecular complexity index is 332. The lowest BCUT2D eigenvalue weighted by atomic mass is 9.40. The summed E-state index contributed by atoms with van der Waals surface area (Å²) in [6.45, 7) is 4.68. The second-order valence-corrected chi connectivity index (χ2v) is 4.88. The first kappa shape index (κ1) is 9.88. The second kappa shape index (κ2) is 2.68. The first-order chi connectivity index (χ1) is 7.11. The fourth-order valence-electron chi connectivity index (χ4n) is 3.87. The van der Waals surface area contributed by atoms with Crippen molar-refractivity contribution < 1.29 is 14.2 Å². The molecule has 1 aliphatic heterocycles. The van der Waals surface area contributed by atoms with E-state index in [0.717, 1.165) is 12.0 Å². The highest BCUT2D eigenvalue weighted by atomic mass is 16.6. The van der Waals surface area contributed by atoms with Crippen LogP contribution < -0.4 is 0 Å². The van der Waals surface area contributed by atoms with Gasteiger partial charge in [0.15, 0.2) is 0 Å². The van der Waals surface area contributed by atoms with E-state index in [1.165, 1.54) is 0 Å². The average Bonchev–Trinajstić information content (AvgIpc) is 2.33. The highest BCUT2D eigenvalue weighted by molar-refractivity contribution is 6.12. The molecule has 0 spiro atoms. The van der Waals surface area contributed by atoms with Crippen LogP contribution in [0.3, 0.4) is 0 Å². The summed E-state index contributed by atoms with van der Waals surface area (Å²) < 4.78 is 16.7. The maximum Gasteiger partial charge on any atom is 0.109 e. The van der Waals surface area contributed by atoms with Gasteiger partial charge in [0.25, 0.3) is 0 Å². The molecule has 0 bridgehead atoms. The van der Waals surface area contributed by atoms with Crippen molar-refractivity contribution >= 4 is 7.85 Å². The summed E-state index contributed by atoms with van der Waals surface area (Å²) in [6.07, 6.45) is 0.831. The molecule has 1 saturated heterocycles. The number of hydrogen-bond donors (Lipinski definition) is 0. The van der Waals surface area contributed by atoms with Crippen molar-refractivity contribution in [2.75, 3.05) is 20.8 Å². The predicted octanol–water partition coefficient (Wildman–Crippen LogP) is 0.487. The molecule has 0 N–H and O–H groups in total. The van der Waals surface area contributed by atoms with Crippen LogP contribution >= 0.6 is 0 Å². The molecule has 0 aromatic carbocycles. The topological polar surface area (TPSA) is 27.7 Å². The van der Waals surface area contributed by atoms with Gasteiger partial charge >= 0.3 is 0 Å². The normalized spacial score (nSPS) is 55.9. The Morgan fingerprint density at radius 3 is 2.93 bits per heavy atom. The summed E-state index contributed by atoms with van der Waals surface area (Å²) in [4.78, 5) is 0. The lowest BCUT2D eigenvalue weighted by molar-refractivity contribution is -0.257. The van der Waals surface area contributed by atoms with Crippen molar-refractivity contribution in [3.63, 3.8) is 0 Å². The van der Waals surface area contributed by atoms with Gasteiger partial charge in [-0.15, -0.1) is 0 Å². The third-order valence-electron chi connectivity index (χ3n) is 4.41. The van der Waals surface area contributed by atoms with Crippen LogP contribution in [0.2, 0.25) is 0 Å². The number of rotatable bonds is 3. The summed E-state index contributed by atoms with van der Waals surface area (Å²) in [5.74, 6) is 0.603. The van der Waals surface area contributed by atoms with Gasteiger partial charge in [0.2, 0.25) is 0 Å². The lowest BCUT2D eigenvalue weighted by Gasteiger charge is -2.67. The molecule has 3 rings (SSSR count). The Hall–Kier alpha value is -0.315. The first-order valence-corrected chi connectivity index (χ1v) is 5.28. The van der Waals surface area contributed by atoms with Crippen molar-refractivity contribution in [2.45, 2.75) is 23.6 Å². The SMILES string of the molecule is [B][C@@H]1O[C@@]2(COC)C[C@@]3(OC)C(=C)C1C23. The van der Waals surface area contributed by atoms with Crippen molar-refractivity contribution in [2.24, 2.45) is 11.8 Å². The van der Waals surface area contributed by atoms with Gasteiger partial charge in [-0.25, -0.2) is 0 Å². The minimum Gasteiger partial charge on any atom is -0.382 e. The number of methoxy groups -OCH3 is 2. The molecule has 5 atom stereocenters. The number of hydrogen-bond acceptors (Lipinski definition) is 3. The van der Waals surface area contributed by atoms with E-state index in [1.807, 2.05) is 0 Å². The van der Waals surface area contributed by atoms with E-state index in [0.29, 0.717) is 12.5 Å². The maximum absolute atomic E-state index is 5.96. The zero-order chi connectivity index (χ0) is 10.8. The third-order valence-corrected chi connectivity index (χ3v) is 4.41. The van der Waals surface area contributed by atoms with Crippen molar-refractivity contribution in [1.29, 1.82) is 0 Å². The lowest BCUT2D eigenvalue weighted by Crippen LogP contribution is -2.75. The largest absolute Gasteiger partial charge is 0.382 e. The Morgan fingerprint density at radius 1 is 1.60 bits per heavy atom. The highest BCUT2D eigenvalue weighted by Gasteiger charge is 2.80. The van der Waals surface area contributed by atoms with Crippen molar-refractivity contribution in [3.8, 4) is 0 Å². The minimum absolute atomic E-state index is 0.169. The fourth-order valence-corrected chi connectivity index (χ4v) is 3.87. The van der Waals surface area contributed by atoms with Crippen molar-refractivity contribution in [3.05, 3.63) is 12.2 Å². The Labute approximate surface area is 91.2 Å². The second-order valence-electron chi connectivity index (χ2n) is 4.88. The summed E-state index contributed by atoms with van der Waals surface area (Å²) in [6, 6.07) is -0.233. The molecule has 0 aromatic heterocycles. The zero-order valence-corrected chi connectivity index (χ0v) is 9.16. The van der Waals surface area contributed by atoms with E-state index in [4.69, 9.17) is 22.1 Å². The van der Waals surface area contributed by atoms with E-state index >= 15 is 0 Å². The Morgan fingerprint density at radius 2 is 2.33 bits per heavy atom. The summed E-state index contributed by atoms with van der Waals surface area (Å²) in [5.41, 5.74) is 0.722. The predicted molar refractivity (Wildman–Crippen MR) is 55.7 cm³/mol. The van der Waals surface area contributed by atoms with Crippen LogP contribution in [-0.4, -0.2) is 45.9 Å². The molecule has 0 aromatic rings. The standard InChI is InChI=1S/C11H15BO3/c1-6-7-8-10(5-13-2,15-9(7)12)4-11(6,8)14-3/h7-9H,1,4-5H2,2-3H3/t7?,8?,9-,10-,11-/m1/s1. The van der Waals surface area contributed by atoms with E-state index in [1.54, 1.807) is 14.2 Å². The van der Waals surface area contributed by atoms with Gasteiger partial charge in [-0.2, -0.15) is 0 Å². The zero-order valence-electron chi connectivity index (χ0n) is 9.16. The van der Waals surface area contributed by atoms with Gasteiger partial charge in [-0.05, 0) is 5.57 Å². The summed E-state index contributed by atoms with van der Waals surface area (Å²) >= 11 is 0. The molecule has 4 heteroatoms. The molecule has 0 amide bonds. The molecule has 2 radical (unpaired) electrons. The van der Waals surface area contributed by atoms with E-state index in [9.17, 15) is 0 Å². The molecule has 1 heterocycles. The molecule has 15 heavy (non-hydrogen) atoms. The van der Waals surface area contributed by atoms with Crippen LogP contribution in [0.4, 0.5) is 0 Å². The van der Waals surface area contributed by atoms with E-state index in [2.05, 4.69) is 6.58 Å². The minimum atomic E-state index is -0.233. The van der Waals surface area contributed by atoms with E-state index < -0.39 is 0 Å². The van der Waals surface area contributed by atoms with Gasteiger partial charge in [0, 0.05) is 38.5 Å². The number of ether oxygens (including phenoxy) is 3. The first-order valence-electron chi connectivity index (χ1n) is 5.28. The molecule has 3 nitrogen and oxygen atoms in total. The summed E-state index contributed by atoms with van der Waals surface area (Å²) in [7, 11) is 9.39. The van der Waals surface area contributed by atoms with Gasteiger partial charge < -0.3 is 14.2 Å². The third kappa shape index (κ3) is 0.822. The van der Waals surface area contributed by atoms with Crippen LogP contribution in [0, 0.1) is 11.8 Å². The summed E-state index contributed by atoms with van der Waals surface area (Å²) in [5, 5.41) is 0. The molecule has 2 unspecified atom stereocenters. The molecule has 80 valence electrons. The van der Waals surface area contributed by atoms with Crippen LogP contribution in [0.15, 0.2) is 12.2 Å². The molecule has 2 saturated carbocycles. The smallest absolute Gasteiger partial charge is 0.109 e. The fraction of sp³-hybridized carbons (Fsp3) is 0.818. The quantitative estimate of drug-likeness (QED) is 0.496. The van der Waals surface area contributed by atoms with E-state index in [-0.39, 0.29) is 23.1 Å². The molecular formula is C11H15BO3. The average molecular weight is 206 g/mol. The Balaban J connectivity index is 1.93. The highest BCUT2D eigenvalue weighted by Crippen LogP contribution is 2.73. The van der Waals surface area contributed by atoms with Crippen LogP contribution in [0.1, 0.15) is 6.42 Å². The van der Waals surface area contributed by atoms with Crippen LogP contribution in [0.5, 0.6) is 0 Å². The molecule has 2 aliphatic carbocycles. The van der Waals surface area contributed by atoms with Gasteiger partial charge in [-0.3, -0.25) is 0 Å². The van der Waals surface area contributed by atoms with Crippen LogP contribution in [0.25, 0.3) is 0 Å². The maximum atomic E-state index is 5.96. The Kier molecular flexibility index (Phi) is 1.76. The van der Waals surface area contributed by atoms with Gasteiger partial charge in [-0.1, -0.05) is 6.58 Å². The van der Waals surface area contributed by atoms with Crippen molar-refractivity contribution in [1.82, 2.24) is 0 Å². The van der Waals surface area contributed by atoms with Crippen LogP contribution in [-0.2, 0) is 14.2 Å². The molecular weight excluding hydrogens is 191 g/mol.